The van der Waals surface area contributed by atoms with Crippen LogP contribution >= 0.6 is 0 Å². The molecule has 1 saturated heterocycles. The Morgan fingerprint density at radius 3 is 2.50 bits per heavy atom. The van der Waals surface area contributed by atoms with Gasteiger partial charge in [0.05, 0.1) is 6.61 Å². The lowest BCUT2D eigenvalue weighted by atomic mass is 9.72. The zero-order chi connectivity index (χ0) is 19.2. The van der Waals surface area contributed by atoms with Gasteiger partial charge in [0.15, 0.2) is 11.5 Å². The fraction of sp³-hybridized carbons (Fsp3) is 0.850. The van der Waals surface area contributed by atoms with Crippen molar-refractivity contribution in [2.75, 3.05) is 6.61 Å². The third-order valence-electron chi connectivity index (χ3n) is 5.85. The van der Waals surface area contributed by atoms with E-state index >= 15 is 0 Å². The summed E-state index contributed by atoms with van der Waals surface area (Å²) in [4.78, 5) is 38.1. The highest BCUT2D eigenvalue weighted by Gasteiger charge is 2.62. The zero-order valence-electron chi connectivity index (χ0n) is 16.3. The first-order chi connectivity index (χ1) is 12.5. The Labute approximate surface area is 156 Å². The molecular weight excluding hydrogens is 334 g/mol. The number of carbonyl (C=O) groups is 3. The summed E-state index contributed by atoms with van der Waals surface area (Å²) in [5.41, 5.74) is -1.36. The minimum atomic E-state index is -1.36. The van der Waals surface area contributed by atoms with Gasteiger partial charge in [-0.2, -0.15) is 0 Å². The van der Waals surface area contributed by atoms with Crippen LogP contribution < -0.4 is 5.32 Å². The summed E-state index contributed by atoms with van der Waals surface area (Å²) < 4.78 is 10.6. The summed E-state index contributed by atoms with van der Waals surface area (Å²) in [5, 5.41) is 3.02. The summed E-state index contributed by atoms with van der Waals surface area (Å²) >= 11 is 0. The normalized spacial score (nSPS) is 29.3. The van der Waals surface area contributed by atoms with E-state index in [2.05, 4.69) is 12.2 Å². The topological polar surface area (TPSA) is 81.7 Å². The molecule has 1 N–H and O–H groups in total. The minimum Gasteiger partial charge on any atom is -0.465 e. The Bertz CT molecular complexity index is 514. The van der Waals surface area contributed by atoms with Gasteiger partial charge >= 0.3 is 11.9 Å². The van der Waals surface area contributed by atoms with Crippen molar-refractivity contribution in [2.45, 2.75) is 90.7 Å². The standard InChI is InChI=1S/C20H33NO5/c1-4-6-10-13-20(18(23)25-5-2)14(3)16(26-19(20)24)17(22)21-15-11-8-7-9-12-15/h14-16H,4-13H2,1-3H3,(H,21,22)/t14-,16-,20-/m0/s1. The number of amides is 1. The first kappa shape index (κ1) is 20.7. The lowest BCUT2D eigenvalue weighted by molar-refractivity contribution is -0.167. The number of rotatable bonds is 8. The van der Waals surface area contributed by atoms with Gasteiger partial charge in [0, 0.05) is 12.0 Å². The average Bonchev–Trinajstić information content (AvgIpc) is 2.88. The van der Waals surface area contributed by atoms with Crippen LogP contribution in [0.2, 0.25) is 0 Å². The van der Waals surface area contributed by atoms with Crippen molar-refractivity contribution in [3.05, 3.63) is 0 Å². The van der Waals surface area contributed by atoms with Crippen molar-refractivity contribution in [1.82, 2.24) is 5.32 Å². The molecule has 0 unspecified atom stereocenters. The van der Waals surface area contributed by atoms with Crippen LogP contribution in [0, 0.1) is 11.3 Å². The zero-order valence-corrected chi connectivity index (χ0v) is 16.3. The minimum absolute atomic E-state index is 0.139. The molecule has 148 valence electrons. The van der Waals surface area contributed by atoms with Gasteiger partial charge in [-0.15, -0.1) is 0 Å². The van der Waals surface area contributed by atoms with Crippen LogP contribution in [0.4, 0.5) is 0 Å². The van der Waals surface area contributed by atoms with E-state index in [1.807, 2.05) is 0 Å². The van der Waals surface area contributed by atoms with Gasteiger partial charge in [-0.25, -0.2) is 0 Å². The third kappa shape index (κ3) is 4.21. The molecule has 0 aromatic carbocycles. The summed E-state index contributed by atoms with van der Waals surface area (Å²) in [6.45, 7) is 5.75. The molecule has 0 bridgehead atoms. The van der Waals surface area contributed by atoms with E-state index in [-0.39, 0.29) is 18.6 Å². The van der Waals surface area contributed by atoms with E-state index < -0.39 is 29.4 Å². The van der Waals surface area contributed by atoms with E-state index in [1.165, 1.54) is 6.42 Å². The molecule has 2 aliphatic rings. The summed E-state index contributed by atoms with van der Waals surface area (Å²) in [6, 6.07) is 0.139. The highest BCUT2D eigenvalue weighted by Crippen LogP contribution is 2.45. The summed E-state index contributed by atoms with van der Waals surface area (Å²) in [5.74, 6) is -1.97. The van der Waals surface area contributed by atoms with E-state index in [0.29, 0.717) is 6.42 Å². The van der Waals surface area contributed by atoms with Crippen LogP contribution in [0.25, 0.3) is 0 Å². The Morgan fingerprint density at radius 2 is 1.88 bits per heavy atom. The van der Waals surface area contributed by atoms with Crippen molar-refractivity contribution in [3.63, 3.8) is 0 Å². The number of ether oxygens (including phenoxy) is 2. The number of nitrogens with one attached hydrogen (secondary N) is 1. The van der Waals surface area contributed by atoms with Gasteiger partial charge in [0.25, 0.3) is 5.91 Å². The fourth-order valence-electron chi connectivity index (χ4n) is 4.19. The molecule has 1 amide bonds. The maximum Gasteiger partial charge on any atom is 0.324 e. The lowest BCUT2D eigenvalue weighted by Gasteiger charge is -2.28. The molecular formula is C20H33NO5. The van der Waals surface area contributed by atoms with Gasteiger partial charge in [0.1, 0.15) is 0 Å². The smallest absolute Gasteiger partial charge is 0.324 e. The second-order valence-corrected chi connectivity index (χ2v) is 7.61. The highest BCUT2D eigenvalue weighted by atomic mass is 16.6. The molecule has 1 saturated carbocycles. The molecule has 2 rings (SSSR count). The molecule has 1 heterocycles. The molecule has 0 aromatic heterocycles. The molecule has 2 fully saturated rings. The predicted molar refractivity (Wildman–Crippen MR) is 97.3 cm³/mol. The van der Waals surface area contributed by atoms with Gasteiger partial charge in [-0.3, -0.25) is 14.4 Å². The number of carbonyl (C=O) groups excluding carboxylic acids is 3. The molecule has 3 atom stereocenters. The summed E-state index contributed by atoms with van der Waals surface area (Å²) in [7, 11) is 0. The monoisotopic (exact) mass is 367 g/mol. The van der Waals surface area contributed by atoms with Crippen LogP contribution in [0.5, 0.6) is 0 Å². The van der Waals surface area contributed by atoms with Crippen molar-refractivity contribution in [3.8, 4) is 0 Å². The summed E-state index contributed by atoms with van der Waals surface area (Å²) in [6.07, 6.45) is 7.40. The van der Waals surface area contributed by atoms with Crippen molar-refractivity contribution in [1.29, 1.82) is 0 Å². The van der Waals surface area contributed by atoms with E-state index in [1.54, 1.807) is 13.8 Å². The average molecular weight is 367 g/mol. The molecule has 26 heavy (non-hydrogen) atoms. The first-order valence-corrected chi connectivity index (χ1v) is 10.2. The second-order valence-electron chi connectivity index (χ2n) is 7.61. The third-order valence-corrected chi connectivity index (χ3v) is 5.85. The van der Waals surface area contributed by atoms with Gasteiger partial charge in [-0.05, 0) is 26.2 Å². The molecule has 1 aliphatic carbocycles. The van der Waals surface area contributed by atoms with Crippen molar-refractivity contribution in [2.24, 2.45) is 11.3 Å². The number of cyclic esters (lactones) is 1. The Hall–Kier alpha value is -1.59. The maximum absolute atomic E-state index is 12.7. The largest absolute Gasteiger partial charge is 0.465 e. The van der Waals surface area contributed by atoms with E-state index in [0.717, 1.165) is 44.9 Å². The maximum atomic E-state index is 12.7. The molecule has 0 radical (unpaired) electrons. The van der Waals surface area contributed by atoms with E-state index in [9.17, 15) is 14.4 Å². The Morgan fingerprint density at radius 1 is 1.19 bits per heavy atom. The van der Waals surface area contributed by atoms with Crippen LogP contribution in [0.1, 0.15) is 78.6 Å². The van der Waals surface area contributed by atoms with Gasteiger partial charge in [0.2, 0.25) is 0 Å². The predicted octanol–water partition coefficient (Wildman–Crippen LogP) is 3.13. The second kappa shape index (κ2) is 9.38. The first-order valence-electron chi connectivity index (χ1n) is 10.2. The quantitative estimate of drug-likeness (QED) is 0.405. The number of hydrogen-bond acceptors (Lipinski definition) is 5. The number of unbranched alkanes of at least 4 members (excludes halogenated alkanes) is 2. The van der Waals surface area contributed by atoms with E-state index in [4.69, 9.17) is 9.47 Å². The van der Waals surface area contributed by atoms with Crippen molar-refractivity contribution >= 4 is 17.8 Å². The van der Waals surface area contributed by atoms with Crippen LogP contribution in [0.3, 0.4) is 0 Å². The molecule has 0 aromatic rings. The van der Waals surface area contributed by atoms with Crippen LogP contribution in [0.15, 0.2) is 0 Å². The highest BCUT2D eigenvalue weighted by molar-refractivity contribution is 6.04. The molecule has 6 heteroatoms. The SMILES string of the molecule is CCCCC[C@]1(C(=O)OCC)C(=O)O[C@H](C(=O)NC2CCCCC2)[C@@H]1C. The Balaban J connectivity index is 2.14. The number of hydrogen-bond donors (Lipinski definition) is 1. The van der Waals surface area contributed by atoms with Crippen molar-refractivity contribution < 1.29 is 23.9 Å². The molecule has 1 aliphatic heterocycles. The van der Waals surface area contributed by atoms with Gasteiger partial charge < -0.3 is 14.8 Å². The molecule has 0 spiro atoms. The van der Waals surface area contributed by atoms with Gasteiger partial charge in [-0.1, -0.05) is 52.4 Å². The van der Waals surface area contributed by atoms with Crippen LogP contribution in [-0.4, -0.2) is 36.6 Å². The number of esters is 2. The lowest BCUT2D eigenvalue weighted by Crippen LogP contribution is -2.47. The fourth-order valence-corrected chi connectivity index (χ4v) is 4.19. The molecule has 6 nitrogen and oxygen atoms in total. The Kier molecular flexibility index (Phi) is 7.47. The van der Waals surface area contributed by atoms with Crippen LogP contribution in [-0.2, 0) is 23.9 Å².